The van der Waals surface area contributed by atoms with Gasteiger partial charge in [-0.05, 0) is 41.5 Å². The van der Waals surface area contributed by atoms with Crippen LogP contribution in [0.15, 0.2) is 0 Å². The van der Waals surface area contributed by atoms with Crippen LogP contribution in [0.25, 0.3) is 0 Å². The quantitative estimate of drug-likeness (QED) is 0.740. The van der Waals surface area contributed by atoms with Gasteiger partial charge in [-0.25, -0.2) is 0 Å². The van der Waals surface area contributed by atoms with E-state index in [9.17, 15) is 5.11 Å². The maximum atomic E-state index is 9.97. The second kappa shape index (κ2) is 3.50. The second-order valence-electron chi connectivity index (χ2n) is 6.68. The molecule has 2 aliphatic rings. The van der Waals surface area contributed by atoms with Crippen LogP contribution in [-0.4, -0.2) is 41.9 Å². The highest BCUT2D eigenvalue weighted by atomic mass is 16.7. The Balaban J connectivity index is 1.85. The molecule has 1 saturated carbocycles. The molecular formula is C11H22B2O4. The Morgan fingerprint density at radius 2 is 1.65 bits per heavy atom. The molecule has 1 heterocycles. The monoisotopic (exact) mass is 240 g/mol. The van der Waals surface area contributed by atoms with E-state index in [2.05, 4.69) is 13.8 Å². The van der Waals surface area contributed by atoms with Gasteiger partial charge in [0, 0.05) is 6.42 Å². The van der Waals surface area contributed by atoms with Crippen LogP contribution < -0.4 is 0 Å². The summed E-state index contributed by atoms with van der Waals surface area (Å²) >= 11 is 0. The average Bonchev–Trinajstić information content (AvgIpc) is 2.52. The van der Waals surface area contributed by atoms with Gasteiger partial charge in [0.1, 0.15) is 0 Å². The molecule has 2 unspecified atom stereocenters. The number of aliphatic hydroxyl groups is 1. The fourth-order valence-corrected chi connectivity index (χ4v) is 2.06. The molecule has 1 saturated heterocycles. The van der Waals surface area contributed by atoms with E-state index in [0.29, 0.717) is 7.37 Å². The van der Waals surface area contributed by atoms with Gasteiger partial charge in [-0.1, -0.05) is 0 Å². The number of hydrogen-bond acceptors (Lipinski definition) is 4. The molecule has 1 N–H and O–H groups in total. The van der Waals surface area contributed by atoms with Gasteiger partial charge in [0.2, 0.25) is 0 Å². The van der Waals surface area contributed by atoms with E-state index < -0.39 is 11.2 Å². The van der Waals surface area contributed by atoms with Crippen LogP contribution in [0.1, 0.15) is 48.0 Å². The van der Waals surface area contributed by atoms with Gasteiger partial charge in [0.05, 0.1) is 22.4 Å². The summed E-state index contributed by atoms with van der Waals surface area (Å²) in [6.07, 6.45) is 0.950. The molecule has 2 atom stereocenters. The van der Waals surface area contributed by atoms with Crippen LogP contribution in [0, 0.1) is 0 Å². The molecule has 0 aromatic carbocycles. The number of hydrogen-bond donors (Lipinski definition) is 1. The van der Waals surface area contributed by atoms with Crippen molar-refractivity contribution in [3.8, 4) is 0 Å². The summed E-state index contributed by atoms with van der Waals surface area (Å²) in [5.41, 5.74) is -1.81. The molecule has 0 aromatic rings. The lowest BCUT2D eigenvalue weighted by Gasteiger charge is -2.37. The predicted molar refractivity (Wildman–Crippen MR) is 68.0 cm³/mol. The minimum Gasteiger partial charge on any atom is -0.434 e. The Morgan fingerprint density at radius 1 is 1.18 bits per heavy atom. The van der Waals surface area contributed by atoms with Gasteiger partial charge in [-0.2, -0.15) is 0 Å². The fourth-order valence-electron chi connectivity index (χ4n) is 2.06. The van der Waals surface area contributed by atoms with Crippen LogP contribution >= 0.6 is 0 Å². The summed E-state index contributed by atoms with van der Waals surface area (Å²) in [6, 6.07) is 0. The van der Waals surface area contributed by atoms with Gasteiger partial charge in [-0.15, -0.1) is 0 Å². The molecule has 17 heavy (non-hydrogen) atoms. The third kappa shape index (κ3) is 2.16. The molecule has 0 spiro atoms. The van der Waals surface area contributed by atoms with Crippen molar-refractivity contribution in [3.63, 3.8) is 0 Å². The van der Waals surface area contributed by atoms with E-state index in [1.165, 1.54) is 0 Å². The van der Waals surface area contributed by atoms with Gasteiger partial charge in [-0.3, -0.25) is 0 Å². The smallest absolute Gasteiger partial charge is 0.434 e. The van der Waals surface area contributed by atoms with Crippen molar-refractivity contribution >= 4 is 14.4 Å². The minimum atomic E-state index is -0.900. The van der Waals surface area contributed by atoms with Crippen molar-refractivity contribution in [2.75, 3.05) is 0 Å². The van der Waals surface area contributed by atoms with Crippen molar-refractivity contribution in [2.45, 2.75) is 70.4 Å². The first-order valence-electron chi connectivity index (χ1n) is 6.21. The number of rotatable bonds is 4. The summed E-state index contributed by atoms with van der Waals surface area (Å²) in [7, 11) is 0.0303. The normalized spacial score (nSPS) is 37.0. The highest BCUT2D eigenvalue weighted by Crippen LogP contribution is 2.58. The van der Waals surface area contributed by atoms with Gasteiger partial charge in [0.25, 0.3) is 0 Å². The van der Waals surface area contributed by atoms with E-state index in [1.807, 2.05) is 13.8 Å². The second-order valence-corrected chi connectivity index (χ2v) is 6.68. The lowest BCUT2D eigenvalue weighted by Crippen LogP contribution is -2.50. The summed E-state index contributed by atoms with van der Waals surface area (Å²) < 4.78 is 17.3. The average molecular weight is 240 g/mol. The van der Waals surface area contributed by atoms with Gasteiger partial charge in [0.15, 0.2) is 0 Å². The first kappa shape index (κ1) is 13.4. The lowest BCUT2D eigenvalue weighted by molar-refractivity contribution is -0.0895. The zero-order valence-corrected chi connectivity index (χ0v) is 11.7. The van der Waals surface area contributed by atoms with E-state index in [4.69, 9.17) is 14.0 Å². The molecule has 0 amide bonds. The molecule has 6 heteroatoms. The minimum absolute atomic E-state index is 0.139. The highest BCUT2D eigenvalue weighted by Gasteiger charge is 2.70. The third-order valence-electron chi connectivity index (χ3n) is 4.51. The standard InChI is InChI=1S/C11H22B2O4/c1-8(2,14)9(3,4)15-12-13-16-10(5)7-11(10,6)17-13/h12,14H,7H2,1-6H3. The SMILES string of the molecule is CC(C)(O)C(C)(C)OBB1OC2(C)CC2(C)O1. The maximum Gasteiger partial charge on any atom is 0.441 e. The van der Waals surface area contributed by atoms with E-state index >= 15 is 0 Å². The van der Waals surface area contributed by atoms with Gasteiger partial charge < -0.3 is 19.1 Å². The molecule has 1 aliphatic heterocycles. The summed E-state index contributed by atoms with van der Waals surface area (Å²) in [5, 5.41) is 9.97. The molecule has 1 aliphatic carbocycles. The van der Waals surface area contributed by atoms with Crippen LogP contribution in [0.5, 0.6) is 0 Å². The van der Waals surface area contributed by atoms with Crippen molar-refractivity contribution in [1.29, 1.82) is 0 Å². The van der Waals surface area contributed by atoms with Crippen LogP contribution in [-0.2, 0) is 14.0 Å². The third-order valence-corrected chi connectivity index (χ3v) is 4.51. The summed E-state index contributed by atoms with van der Waals surface area (Å²) in [4.78, 5) is 0. The maximum absolute atomic E-state index is 9.97. The van der Waals surface area contributed by atoms with Crippen molar-refractivity contribution in [2.24, 2.45) is 0 Å². The zero-order chi connectivity index (χ0) is 13.1. The van der Waals surface area contributed by atoms with Crippen LogP contribution in [0.2, 0.25) is 0 Å². The summed E-state index contributed by atoms with van der Waals surface area (Å²) in [6.45, 7) is 11.3. The van der Waals surface area contributed by atoms with E-state index in [-0.39, 0.29) is 18.2 Å². The van der Waals surface area contributed by atoms with E-state index in [0.717, 1.165) is 6.42 Å². The molecule has 0 aromatic heterocycles. The highest BCUT2D eigenvalue weighted by molar-refractivity contribution is 7.03. The summed E-state index contributed by atoms with van der Waals surface area (Å²) in [5.74, 6) is 0. The Hall–Kier alpha value is -0.0301. The molecule has 0 radical (unpaired) electrons. The first-order valence-corrected chi connectivity index (χ1v) is 6.21. The zero-order valence-electron chi connectivity index (χ0n) is 11.7. The Kier molecular flexibility index (Phi) is 2.76. The molecule has 0 bridgehead atoms. The Labute approximate surface area is 104 Å². The molecular weight excluding hydrogens is 218 g/mol. The van der Waals surface area contributed by atoms with Crippen molar-refractivity contribution < 1.29 is 19.1 Å². The number of fused-ring (bicyclic) bond motifs is 1. The Bertz CT molecular complexity index is 312. The first-order chi connectivity index (χ1) is 7.49. The van der Waals surface area contributed by atoms with Gasteiger partial charge >= 0.3 is 14.4 Å². The molecule has 2 fully saturated rings. The molecule has 96 valence electrons. The van der Waals surface area contributed by atoms with Crippen LogP contribution in [0.3, 0.4) is 0 Å². The van der Waals surface area contributed by atoms with Crippen molar-refractivity contribution in [3.05, 3.63) is 0 Å². The topological polar surface area (TPSA) is 47.9 Å². The Morgan fingerprint density at radius 3 is 2.06 bits per heavy atom. The van der Waals surface area contributed by atoms with Crippen LogP contribution in [0.4, 0.5) is 0 Å². The lowest BCUT2D eigenvalue weighted by atomic mass is 9.55. The molecule has 4 nitrogen and oxygen atoms in total. The fraction of sp³-hybridized carbons (Fsp3) is 1.00. The molecule has 2 rings (SSSR count). The largest absolute Gasteiger partial charge is 0.441 e. The van der Waals surface area contributed by atoms with Crippen molar-refractivity contribution in [1.82, 2.24) is 0 Å². The van der Waals surface area contributed by atoms with E-state index in [1.54, 1.807) is 13.8 Å². The predicted octanol–water partition coefficient (Wildman–Crippen LogP) is 0.857.